The van der Waals surface area contributed by atoms with E-state index in [9.17, 15) is 18.0 Å². The third-order valence-corrected chi connectivity index (χ3v) is 9.07. The van der Waals surface area contributed by atoms with Crippen LogP contribution in [0.1, 0.15) is 43.4 Å². The summed E-state index contributed by atoms with van der Waals surface area (Å²) in [4.78, 5) is 28.4. The van der Waals surface area contributed by atoms with Crippen molar-refractivity contribution in [1.82, 2.24) is 10.2 Å². The first kappa shape index (κ1) is 31.5. The van der Waals surface area contributed by atoms with Crippen molar-refractivity contribution in [1.29, 1.82) is 0 Å². The highest BCUT2D eigenvalue weighted by atomic mass is 35.5. The quantitative estimate of drug-likeness (QED) is 0.252. The van der Waals surface area contributed by atoms with Crippen molar-refractivity contribution in [3.8, 4) is 0 Å². The summed E-state index contributed by atoms with van der Waals surface area (Å²) in [6.45, 7) is 7.41. The molecule has 0 saturated heterocycles. The van der Waals surface area contributed by atoms with Crippen LogP contribution in [0.5, 0.6) is 0 Å². The standard InChI is InChI=1S/C30H35Cl2N3O4S/c1-5-6-17-33-30(37)23(4)34(19-24-11-16-27(31)28(32)18-24)29(36)20-35(25-12-7-21(2)8-13-25)40(38,39)26-14-9-22(3)10-15-26/h7-16,18,23H,5-6,17,19-20H2,1-4H3,(H,33,37)/t23-/m1/s1. The van der Waals surface area contributed by atoms with E-state index in [4.69, 9.17) is 23.2 Å². The summed E-state index contributed by atoms with van der Waals surface area (Å²) in [5.41, 5.74) is 2.85. The topological polar surface area (TPSA) is 86.8 Å². The molecule has 0 spiro atoms. The zero-order valence-corrected chi connectivity index (χ0v) is 25.5. The number of unbranched alkanes of at least 4 members (excludes halogenated alkanes) is 1. The van der Waals surface area contributed by atoms with Crippen molar-refractivity contribution < 1.29 is 18.0 Å². The molecule has 2 amide bonds. The highest BCUT2D eigenvalue weighted by molar-refractivity contribution is 7.92. The molecule has 0 aliphatic heterocycles. The van der Waals surface area contributed by atoms with Gasteiger partial charge in [0, 0.05) is 13.1 Å². The van der Waals surface area contributed by atoms with E-state index in [1.165, 1.54) is 17.0 Å². The number of hydrogen-bond donors (Lipinski definition) is 1. The minimum absolute atomic E-state index is 0.0321. The SMILES string of the molecule is CCCCNC(=O)[C@@H](C)N(Cc1ccc(Cl)c(Cl)c1)C(=O)CN(c1ccc(C)cc1)S(=O)(=O)c1ccc(C)cc1. The number of sulfonamides is 1. The minimum atomic E-state index is -4.11. The summed E-state index contributed by atoms with van der Waals surface area (Å²) >= 11 is 12.3. The van der Waals surface area contributed by atoms with Gasteiger partial charge in [-0.15, -0.1) is 0 Å². The van der Waals surface area contributed by atoms with Crippen LogP contribution >= 0.6 is 23.2 Å². The summed E-state index contributed by atoms with van der Waals surface area (Å²) in [6, 6.07) is 17.5. The molecule has 3 aromatic carbocycles. The molecule has 0 aromatic heterocycles. The van der Waals surface area contributed by atoms with Gasteiger partial charge in [0.15, 0.2) is 0 Å². The van der Waals surface area contributed by atoms with Gasteiger partial charge in [-0.25, -0.2) is 8.42 Å². The Bertz CT molecular complexity index is 1430. The Kier molecular flexibility index (Phi) is 11.0. The van der Waals surface area contributed by atoms with Crippen molar-refractivity contribution in [2.75, 3.05) is 17.4 Å². The number of aryl methyl sites for hydroxylation is 2. The second-order valence-electron chi connectivity index (χ2n) is 9.75. The molecule has 1 N–H and O–H groups in total. The molecule has 0 fully saturated rings. The number of halogens is 2. The first-order chi connectivity index (χ1) is 18.9. The number of carbonyl (C=O) groups excluding carboxylic acids is 2. The lowest BCUT2D eigenvalue weighted by Crippen LogP contribution is -2.51. The second-order valence-corrected chi connectivity index (χ2v) is 12.4. The Morgan fingerprint density at radius 1 is 0.900 bits per heavy atom. The predicted molar refractivity (Wildman–Crippen MR) is 161 cm³/mol. The van der Waals surface area contributed by atoms with Crippen molar-refractivity contribution in [2.24, 2.45) is 0 Å². The summed E-state index contributed by atoms with van der Waals surface area (Å²) in [7, 11) is -4.11. The van der Waals surface area contributed by atoms with Gasteiger partial charge in [-0.1, -0.05) is 78.0 Å². The summed E-state index contributed by atoms with van der Waals surface area (Å²) in [6.07, 6.45) is 1.71. The van der Waals surface area contributed by atoms with Crippen molar-refractivity contribution in [3.05, 3.63) is 93.5 Å². The molecule has 0 unspecified atom stereocenters. The van der Waals surface area contributed by atoms with Crippen LogP contribution < -0.4 is 9.62 Å². The van der Waals surface area contributed by atoms with E-state index in [1.54, 1.807) is 61.5 Å². The predicted octanol–water partition coefficient (Wildman–Crippen LogP) is 6.14. The summed E-state index contributed by atoms with van der Waals surface area (Å²) < 4.78 is 28.8. The summed E-state index contributed by atoms with van der Waals surface area (Å²) in [5, 5.41) is 3.54. The van der Waals surface area contributed by atoms with E-state index < -0.39 is 28.5 Å². The average Bonchev–Trinajstić information content (AvgIpc) is 2.92. The largest absolute Gasteiger partial charge is 0.354 e. The fourth-order valence-electron chi connectivity index (χ4n) is 4.03. The molecule has 0 saturated carbocycles. The highest BCUT2D eigenvalue weighted by Crippen LogP contribution is 2.27. The lowest BCUT2D eigenvalue weighted by atomic mass is 10.1. The van der Waals surface area contributed by atoms with Crippen LogP contribution in [0.2, 0.25) is 10.0 Å². The Labute approximate surface area is 247 Å². The van der Waals surface area contributed by atoms with Crippen LogP contribution in [0, 0.1) is 13.8 Å². The number of anilines is 1. The molecule has 10 heteroatoms. The smallest absolute Gasteiger partial charge is 0.264 e. The number of carbonyl (C=O) groups is 2. The van der Waals surface area contributed by atoms with Gasteiger partial charge >= 0.3 is 0 Å². The number of benzene rings is 3. The highest BCUT2D eigenvalue weighted by Gasteiger charge is 2.32. The Balaban J connectivity index is 2.01. The maximum Gasteiger partial charge on any atom is 0.264 e. The van der Waals surface area contributed by atoms with E-state index in [-0.39, 0.29) is 17.3 Å². The zero-order valence-electron chi connectivity index (χ0n) is 23.2. The third kappa shape index (κ3) is 7.99. The molecule has 7 nitrogen and oxygen atoms in total. The zero-order chi connectivity index (χ0) is 29.4. The molecule has 3 rings (SSSR count). The van der Waals surface area contributed by atoms with Crippen molar-refractivity contribution in [2.45, 2.75) is 58.0 Å². The van der Waals surface area contributed by atoms with Crippen LogP contribution in [0.15, 0.2) is 71.6 Å². The molecular weight excluding hydrogens is 569 g/mol. The van der Waals surface area contributed by atoms with Gasteiger partial charge in [0.05, 0.1) is 20.6 Å². The van der Waals surface area contributed by atoms with Gasteiger partial charge in [-0.05, 0) is 69.2 Å². The number of nitrogens with one attached hydrogen (secondary N) is 1. The van der Waals surface area contributed by atoms with Gasteiger partial charge in [-0.2, -0.15) is 0 Å². The number of amides is 2. The average molecular weight is 605 g/mol. The van der Waals surface area contributed by atoms with Crippen LogP contribution in [-0.4, -0.2) is 44.3 Å². The molecule has 0 radical (unpaired) electrons. The Morgan fingerprint density at radius 2 is 1.50 bits per heavy atom. The Morgan fingerprint density at radius 3 is 2.08 bits per heavy atom. The van der Waals surface area contributed by atoms with Crippen LogP contribution in [0.3, 0.4) is 0 Å². The number of hydrogen-bond acceptors (Lipinski definition) is 4. The number of rotatable bonds is 12. The van der Waals surface area contributed by atoms with Gasteiger partial charge in [0.25, 0.3) is 10.0 Å². The second kappa shape index (κ2) is 14.0. The molecule has 0 aliphatic carbocycles. The van der Waals surface area contributed by atoms with Crippen LogP contribution in [0.4, 0.5) is 5.69 Å². The maximum absolute atomic E-state index is 13.9. The first-order valence-corrected chi connectivity index (χ1v) is 15.3. The lowest BCUT2D eigenvalue weighted by Gasteiger charge is -2.32. The molecule has 3 aromatic rings. The molecule has 40 heavy (non-hydrogen) atoms. The lowest BCUT2D eigenvalue weighted by molar-refractivity contribution is -0.139. The fourth-order valence-corrected chi connectivity index (χ4v) is 5.77. The van der Waals surface area contributed by atoms with E-state index >= 15 is 0 Å². The Hall–Kier alpha value is -3.07. The van der Waals surface area contributed by atoms with Crippen molar-refractivity contribution in [3.63, 3.8) is 0 Å². The van der Waals surface area contributed by atoms with E-state index in [0.29, 0.717) is 27.8 Å². The van der Waals surface area contributed by atoms with Gasteiger partial charge < -0.3 is 10.2 Å². The van der Waals surface area contributed by atoms with E-state index in [2.05, 4.69) is 5.32 Å². The summed E-state index contributed by atoms with van der Waals surface area (Å²) in [5.74, 6) is -0.870. The maximum atomic E-state index is 13.9. The molecule has 1 atom stereocenters. The van der Waals surface area contributed by atoms with Gasteiger partial charge in [-0.3, -0.25) is 13.9 Å². The molecular formula is C30H35Cl2N3O4S. The van der Waals surface area contributed by atoms with Gasteiger partial charge in [0.1, 0.15) is 12.6 Å². The monoisotopic (exact) mass is 603 g/mol. The third-order valence-electron chi connectivity index (χ3n) is 6.54. The van der Waals surface area contributed by atoms with E-state index in [0.717, 1.165) is 28.3 Å². The fraction of sp³-hybridized carbons (Fsp3) is 0.333. The van der Waals surface area contributed by atoms with E-state index in [1.807, 2.05) is 20.8 Å². The molecule has 214 valence electrons. The van der Waals surface area contributed by atoms with Crippen LogP contribution in [-0.2, 0) is 26.2 Å². The van der Waals surface area contributed by atoms with Crippen LogP contribution in [0.25, 0.3) is 0 Å². The number of nitrogens with zero attached hydrogens (tertiary/aromatic N) is 2. The minimum Gasteiger partial charge on any atom is -0.354 e. The first-order valence-electron chi connectivity index (χ1n) is 13.1. The normalized spacial score (nSPS) is 12.1. The van der Waals surface area contributed by atoms with Crippen molar-refractivity contribution >= 4 is 50.7 Å². The molecule has 0 aliphatic rings. The molecule has 0 heterocycles. The molecule has 0 bridgehead atoms. The van der Waals surface area contributed by atoms with Gasteiger partial charge in [0.2, 0.25) is 11.8 Å².